The Hall–Kier alpha value is -1.06. The molecule has 1 aliphatic heterocycles. The normalized spacial score (nSPS) is 22.8. The minimum absolute atomic E-state index is 0.0640. The van der Waals surface area contributed by atoms with Crippen LogP contribution >= 0.6 is 0 Å². The van der Waals surface area contributed by atoms with Crippen molar-refractivity contribution in [1.82, 2.24) is 0 Å². The first-order chi connectivity index (χ1) is 8.31. The van der Waals surface area contributed by atoms with Crippen molar-refractivity contribution in [3.05, 3.63) is 29.8 Å². The van der Waals surface area contributed by atoms with Crippen LogP contribution < -0.4 is 4.74 Å². The van der Waals surface area contributed by atoms with E-state index < -0.39 is 6.10 Å². The second kappa shape index (κ2) is 6.03. The molecule has 1 aliphatic rings. The molecule has 0 aliphatic carbocycles. The van der Waals surface area contributed by atoms with Crippen LogP contribution in [0.5, 0.6) is 5.75 Å². The van der Waals surface area contributed by atoms with Crippen LogP contribution in [-0.2, 0) is 4.74 Å². The van der Waals surface area contributed by atoms with E-state index in [2.05, 4.69) is 0 Å². The van der Waals surface area contributed by atoms with Gasteiger partial charge in [0.2, 0.25) is 0 Å². The number of hydrogen-bond acceptors (Lipinski definition) is 3. The first kappa shape index (κ1) is 12.4. The van der Waals surface area contributed by atoms with E-state index in [9.17, 15) is 5.11 Å². The standard InChI is InChI=1S/C14H20O3/c1-16-12-8-6-11(7-9-12)14(15)13-5-3-2-4-10-17-13/h6-9,13-15H,2-5,10H2,1H3. The van der Waals surface area contributed by atoms with Crippen LogP contribution in [0.3, 0.4) is 0 Å². The predicted octanol–water partition coefficient (Wildman–Crippen LogP) is 2.69. The number of rotatable bonds is 3. The van der Waals surface area contributed by atoms with Crippen LogP contribution in [0.25, 0.3) is 0 Å². The molecule has 0 bridgehead atoms. The van der Waals surface area contributed by atoms with Gasteiger partial charge in [-0.25, -0.2) is 0 Å². The van der Waals surface area contributed by atoms with Gasteiger partial charge in [0.1, 0.15) is 11.9 Å². The molecule has 3 nitrogen and oxygen atoms in total. The Labute approximate surface area is 102 Å². The molecule has 1 aromatic rings. The predicted molar refractivity (Wildman–Crippen MR) is 66.2 cm³/mol. The molecular formula is C14H20O3. The lowest BCUT2D eigenvalue weighted by Crippen LogP contribution is -2.21. The molecule has 1 fully saturated rings. The Kier molecular flexibility index (Phi) is 4.40. The maximum Gasteiger partial charge on any atom is 0.118 e. The zero-order valence-corrected chi connectivity index (χ0v) is 10.3. The largest absolute Gasteiger partial charge is 0.497 e. The van der Waals surface area contributed by atoms with Crippen LogP contribution in [-0.4, -0.2) is 24.9 Å². The summed E-state index contributed by atoms with van der Waals surface area (Å²) in [5, 5.41) is 10.3. The van der Waals surface area contributed by atoms with Crippen molar-refractivity contribution in [2.45, 2.75) is 37.9 Å². The first-order valence-electron chi connectivity index (χ1n) is 6.25. The van der Waals surface area contributed by atoms with E-state index in [1.54, 1.807) is 7.11 Å². The van der Waals surface area contributed by atoms with Gasteiger partial charge in [0, 0.05) is 6.61 Å². The van der Waals surface area contributed by atoms with Crippen molar-refractivity contribution in [3.8, 4) is 5.75 Å². The lowest BCUT2D eigenvalue weighted by molar-refractivity contribution is -0.0358. The van der Waals surface area contributed by atoms with Gasteiger partial charge >= 0.3 is 0 Å². The second-order valence-electron chi connectivity index (χ2n) is 4.48. The summed E-state index contributed by atoms with van der Waals surface area (Å²) in [7, 11) is 1.64. The monoisotopic (exact) mass is 236 g/mol. The van der Waals surface area contributed by atoms with Crippen LogP contribution in [0.2, 0.25) is 0 Å². The van der Waals surface area contributed by atoms with E-state index in [0.29, 0.717) is 0 Å². The average Bonchev–Trinajstić information content (AvgIpc) is 2.67. The number of methoxy groups -OCH3 is 1. The number of ether oxygens (including phenoxy) is 2. The summed E-state index contributed by atoms with van der Waals surface area (Å²) in [4.78, 5) is 0. The zero-order valence-electron chi connectivity index (χ0n) is 10.3. The fraction of sp³-hybridized carbons (Fsp3) is 0.571. The molecule has 1 heterocycles. The van der Waals surface area contributed by atoms with Gasteiger partial charge in [-0.1, -0.05) is 25.0 Å². The summed E-state index contributed by atoms with van der Waals surface area (Å²) in [6, 6.07) is 7.54. The highest BCUT2D eigenvalue weighted by molar-refractivity contribution is 5.28. The molecule has 0 radical (unpaired) electrons. The first-order valence-corrected chi connectivity index (χ1v) is 6.25. The molecule has 2 atom stereocenters. The minimum Gasteiger partial charge on any atom is -0.497 e. The summed E-state index contributed by atoms with van der Waals surface area (Å²) < 4.78 is 10.8. The number of benzene rings is 1. The summed E-state index contributed by atoms with van der Waals surface area (Å²) in [5.74, 6) is 0.808. The van der Waals surface area contributed by atoms with Crippen molar-refractivity contribution in [3.63, 3.8) is 0 Å². The van der Waals surface area contributed by atoms with Crippen LogP contribution in [0.15, 0.2) is 24.3 Å². The molecule has 0 amide bonds. The molecule has 94 valence electrons. The third-order valence-electron chi connectivity index (χ3n) is 3.27. The lowest BCUT2D eigenvalue weighted by atomic mass is 10.0. The van der Waals surface area contributed by atoms with Gasteiger partial charge in [-0.2, -0.15) is 0 Å². The zero-order chi connectivity index (χ0) is 12.1. The van der Waals surface area contributed by atoms with E-state index in [1.807, 2.05) is 24.3 Å². The molecule has 0 aromatic heterocycles. The summed E-state index contributed by atoms with van der Waals surface area (Å²) in [6.45, 7) is 0.762. The van der Waals surface area contributed by atoms with E-state index in [0.717, 1.165) is 37.2 Å². The average molecular weight is 236 g/mol. The Morgan fingerprint density at radius 1 is 1.24 bits per heavy atom. The highest BCUT2D eigenvalue weighted by atomic mass is 16.5. The van der Waals surface area contributed by atoms with Crippen molar-refractivity contribution in [1.29, 1.82) is 0 Å². The third-order valence-corrected chi connectivity index (χ3v) is 3.27. The highest BCUT2D eigenvalue weighted by Crippen LogP contribution is 2.27. The molecule has 1 saturated heterocycles. The summed E-state index contributed by atoms with van der Waals surface area (Å²) >= 11 is 0. The van der Waals surface area contributed by atoms with Gasteiger partial charge < -0.3 is 14.6 Å². The molecule has 1 aromatic carbocycles. The maximum atomic E-state index is 10.3. The van der Waals surface area contributed by atoms with E-state index in [-0.39, 0.29) is 6.10 Å². The smallest absolute Gasteiger partial charge is 0.118 e. The van der Waals surface area contributed by atoms with E-state index in [4.69, 9.17) is 9.47 Å². The van der Waals surface area contributed by atoms with Crippen molar-refractivity contribution >= 4 is 0 Å². The quantitative estimate of drug-likeness (QED) is 0.877. The Balaban J connectivity index is 2.03. The fourth-order valence-electron chi connectivity index (χ4n) is 2.21. The third kappa shape index (κ3) is 3.20. The van der Waals surface area contributed by atoms with Gasteiger partial charge in [0.05, 0.1) is 13.2 Å². The number of aliphatic hydroxyl groups is 1. The Bertz CT molecular complexity index is 326. The van der Waals surface area contributed by atoms with Crippen LogP contribution in [0.1, 0.15) is 37.4 Å². The van der Waals surface area contributed by atoms with Gasteiger partial charge in [0.15, 0.2) is 0 Å². The van der Waals surface area contributed by atoms with E-state index in [1.165, 1.54) is 6.42 Å². The van der Waals surface area contributed by atoms with Gasteiger partial charge in [-0.05, 0) is 30.5 Å². The van der Waals surface area contributed by atoms with Gasteiger partial charge in [-0.15, -0.1) is 0 Å². The van der Waals surface area contributed by atoms with E-state index >= 15 is 0 Å². The van der Waals surface area contributed by atoms with Gasteiger partial charge in [0.25, 0.3) is 0 Å². The van der Waals surface area contributed by atoms with Crippen LogP contribution in [0.4, 0.5) is 0 Å². The molecule has 1 N–H and O–H groups in total. The summed E-state index contributed by atoms with van der Waals surface area (Å²) in [5.41, 5.74) is 0.901. The molecule has 2 rings (SSSR count). The Morgan fingerprint density at radius 2 is 2.00 bits per heavy atom. The SMILES string of the molecule is COc1ccc(C(O)C2CCCCCO2)cc1. The molecular weight excluding hydrogens is 216 g/mol. The van der Waals surface area contributed by atoms with Gasteiger partial charge in [-0.3, -0.25) is 0 Å². The summed E-state index contributed by atoms with van der Waals surface area (Å²) in [6.07, 6.45) is 3.79. The topological polar surface area (TPSA) is 38.7 Å². The lowest BCUT2D eigenvalue weighted by Gasteiger charge is -2.21. The maximum absolute atomic E-state index is 10.3. The minimum atomic E-state index is -0.529. The molecule has 0 saturated carbocycles. The number of aliphatic hydroxyl groups excluding tert-OH is 1. The second-order valence-corrected chi connectivity index (χ2v) is 4.48. The number of hydrogen-bond donors (Lipinski definition) is 1. The molecule has 0 spiro atoms. The fourth-order valence-corrected chi connectivity index (χ4v) is 2.21. The molecule has 17 heavy (non-hydrogen) atoms. The molecule has 2 unspecified atom stereocenters. The van der Waals surface area contributed by atoms with Crippen molar-refractivity contribution in [2.24, 2.45) is 0 Å². The Morgan fingerprint density at radius 3 is 2.71 bits per heavy atom. The van der Waals surface area contributed by atoms with Crippen molar-refractivity contribution < 1.29 is 14.6 Å². The highest BCUT2D eigenvalue weighted by Gasteiger charge is 2.22. The molecule has 3 heteroatoms. The van der Waals surface area contributed by atoms with Crippen molar-refractivity contribution in [2.75, 3.05) is 13.7 Å². The van der Waals surface area contributed by atoms with Crippen LogP contribution in [0, 0.1) is 0 Å².